The number of carbonyl (C=O) groups is 2. The Morgan fingerprint density at radius 3 is 2.68 bits per heavy atom. The minimum absolute atomic E-state index is 0.152. The van der Waals surface area contributed by atoms with Gasteiger partial charge in [-0.05, 0) is 49.4 Å². The molecule has 1 aromatic carbocycles. The average molecular weight is 349 g/mol. The third-order valence-electron chi connectivity index (χ3n) is 3.93. The predicted molar refractivity (Wildman–Crippen MR) is 93.7 cm³/mol. The standard InChI is InChI=1S/C19H27NO5/c1-14(2)9-10-20-18(21)13-25-19(22)15-5-7-16(8-6-15)24-12-17-4-3-11-23-17/h5-8,14,17H,3-4,9-13H2,1-2H3,(H,20,21). The first-order chi connectivity index (χ1) is 12.0. The van der Waals surface area contributed by atoms with Gasteiger partial charge >= 0.3 is 5.97 Å². The summed E-state index contributed by atoms with van der Waals surface area (Å²) in [5.74, 6) is 0.387. The lowest BCUT2D eigenvalue weighted by Crippen LogP contribution is -2.30. The van der Waals surface area contributed by atoms with Crippen molar-refractivity contribution in [1.82, 2.24) is 5.32 Å². The van der Waals surface area contributed by atoms with Gasteiger partial charge in [-0.15, -0.1) is 0 Å². The van der Waals surface area contributed by atoms with Crippen LogP contribution in [0.25, 0.3) is 0 Å². The molecule has 1 aliphatic heterocycles. The van der Waals surface area contributed by atoms with E-state index in [0.717, 1.165) is 25.9 Å². The van der Waals surface area contributed by atoms with Crippen molar-refractivity contribution in [1.29, 1.82) is 0 Å². The minimum Gasteiger partial charge on any atom is -0.491 e. The largest absolute Gasteiger partial charge is 0.491 e. The molecule has 1 heterocycles. The SMILES string of the molecule is CC(C)CCNC(=O)COC(=O)c1ccc(OCC2CCCO2)cc1. The van der Waals surface area contributed by atoms with Gasteiger partial charge in [0.15, 0.2) is 6.61 Å². The molecule has 2 rings (SSSR count). The number of amides is 1. The molecule has 0 saturated carbocycles. The molecule has 6 heteroatoms. The second kappa shape index (κ2) is 10.0. The summed E-state index contributed by atoms with van der Waals surface area (Å²) >= 11 is 0. The minimum atomic E-state index is -0.523. The van der Waals surface area contributed by atoms with Crippen LogP contribution in [0.4, 0.5) is 0 Å². The van der Waals surface area contributed by atoms with Gasteiger partial charge in [-0.3, -0.25) is 4.79 Å². The van der Waals surface area contributed by atoms with Crippen LogP contribution in [0, 0.1) is 5.92 Å². The maximum atomic E-state index is 11.9. The van der Waals surface area contributed by atoms with E-state index in [9.17, 15) is 9.59 Å². The van der Waals surface area contributed by atoms with E-state index < -0.39 is 5.97 Å². The van der Waals surface area contributed by atoms with Crippen LogP contribution < -0.4 is 10.1 Å². The topological polar surface area (TPSA) is 73.9 Å². The maximum Gasteiger partial charge on any atom is 0.338 e. The Morgan fingerprint density at radius 2 is 2.04 bits per heavy atom. The van der Waals surface area contributed by atoms with Crippen molar-refractivity contribution >= 4 is 11.9 Å². The number of nitrogens with one attached hydrogen (secondary N) is 1. The molecule has 0 aliphatic carbocycles. The summed E-state index contributed by atoms with van der Waals surface area (Å²) in [5, 5.41) is 2.73. The molecule has 1 amide bonds. The lowest BCUT2D eigenvalue weighted by Gasteiger charge is -2.11. The number of ether oxygens (including phenoxy) is 3. The summed E-state index contributed by atoms with van der Waals surface area (Å²) in [4.78, 5) is 23.6. The van der Waals surface area contributed by atoms with E-state index in [1.54, 1.807) is 24.3 Å². The molecule has 1 fully saturated rings. The van der Waals surface area contributed by atoms with Gasteiger partial charge in [0.1, 0.15) is 12.4 Å². The first-order valence-corrected chi connectivity index (χ1v) is 8.83. The second-order valence-corrected chi connectivity index (χ2v) is 6.58. The molecule has 25 heavy (non-hydrogen) atoms. The molecule has 138 valence electrons. The fourth-order valence-corrected chi connectivity index (χ4v) is 2.42. The van der Waals surface area contributed by atoms with Gasteiger partial charge < -0.3 is 19.5 Å². The van der Waals surface area contributed by atoms with E-state index in [1.807, 2.05) is 0 Å². The quantitative estimate of drug-likeness (QED) is 0.694. The van der Waals surface area contributed by atoms with Gasteiger partial charge in [0.2, 0.25) is 0 Å². The highest BCUT2D eigenvalue weighted by molar-refractivity contribution is 5.91. The Bertz CT molecular complexity index is 549. The fourth-order valence-electron chi connectivity index (χ4n) is 2.42. The Labute approximate surface area is 148 Å². The molecule has 1 atom stereocenters. The molecule has 1 saturated heterocycles. The third kappa shape index (κ3) is 7.13. The molecule has 0 bridgehead atoms. The zero-order valence-electron chi connectivity index (χ0n) is 15.0. The second-order valence-electron chi connectivity index (χ2n) is 6.58. The highest BCUT2D eigenvalue weighted by Crippen LogP contribution is 2.17. The average Bonchev–Trinajstić information content (AvgIpc) is 3.11. The summed E-state index contributed by atoms with van der Waals surface area (Å²) in [6, 6.07) is 6.69. The van der Waals surface area contributed by atoms with Crippen LogP contribution in [0.3, 0.4) is 0 Å². The molecule has 0 spiro atoms. The molecule has 1 N–H and O–H groups in total. The Morgan fingerprint density at radius 1 is 1.28 bits per heavy atom. The number of hydrogen-bond acceptors (Lipinski definition) is 5. The summed E-state index contributed by atoms with van der Waals surface area (Å²) in [6.07, 6.45) is 3.14. The highest BCUT2D eigenvalue weighted by Gasteiger charge is 2.16. The van der Waals surface area contributed by atoms with Crippen LogP contribution >= 0.6 is 0 Å². The molecule has 0 aromatic heterocycles. The van der Waals surface area contributed by atoms with E-state index in [2.05, 4.69) is 19.2 Å². The molecular formula is C19H27NO5. The maximum absolute atomic E-state index is 11.9. The number of rotatable bonds is 9. The number of hydrogen-bond donors (Lipinski definition) is 1. The Kier molecular flexibility index (Phi) is 7.73. The van der Waals surface area contributed by atoms with E-state index in [0.29, 0.717) is 30.4 Å². The predicted octanol–water partition coefficient (Wildman–Crippen LogP) is 2.56. The van der Waals surface area contributed by atoms with Crippen LogP contribution in [0.1, 0.15) is 43.5 Å². The molecule has 1 aromatic rings. The van der Waals surface area contributed by atoms with Crippen LogP contribution in [0.5, 0.6) is 5.75 Å². The van der Waals surface area contributed by atoms with Crippen molar-refractivity contribution in [2.75, 3.05) is 26.4 Å². The highest BCUT2D eigenvalue weighted by atomic mass is 16.5. The van der Waals surface area contributed by atoms with E-state index in [4.69, 9.17) is 14.2 Å². The van der Waals surface area contributed by atoms with Crippen LogP contribution in [-0.2, 0) is 14.3 Å². The molecule has 1 unspecified atom stereocenters. The smallest absolute Gasteiger partial charge is 0.338 e. The van der Waals surface area contributed by atoms with Crippen molar-refractivity contribution in [3.8, 4) is 5.75 Å². The fraction of sp³-hybridized carbons (Fsp3) is 0.579. The number of carbonyl (C=O) groups excluding carboxylic acids is 2. The van der Waals surface area contributed by atoms with Crippen molar-refractivity contribution < 1.29 is 23.8 Å². The van der Waals surface area contributed by atoms with Crippen molar-refractivity contribution in [3.05, 3.63) is 29.8 Å². The Balaban J connectivity index is 1.69. The Hall–Kier alpha value is -2.08. The van der Waals surface area contributed by atoms with Gasteiger partial charge in [-0.25, -0.2) is 4.79 Å². The first kappa shape index (κ1) is 19.2. The molecule has 6 nitrogen and oxygen atoms in total. The summed E-state index contributed by atoms with van der Waals surface area (Å²) < 4.78 is 16.2. The van der Waals surface area contributed by atoms with Crippen LogP contribution in [0.15, 0.2) is 24.3 Å². The lowest BCUT2D eigenvalue weighted by atomic mass is 10.1. The van der Waals surface area contributed by atoms with Crippen molar-refractivity contribution in [3.63, 3.8) is 0 Å². The molecule has 0 radical (unpaired) electrons. The number of benzene rings is 1. The molecular weight excluding hydrogens is 322 g/mol. The first-order valence-electron chi connectivity index (χ1n) is 8.83. The molecule has 1 aliphatic rings. The van der Waals surface area contributed by atoms with Crippen LogP contribution in [-0.4, -0.2) is 44.3 Å². The monoisotopic (exact) mass is 349 g/mol. The number of esters is 1. The summed E-state index contributed by atoms with van der Waals surface area (Å²) in [7, 11) is 0. The zero-order valence-corrected chi connectivity index (χ0v) is 15.0. The third-order valence-corrected chi connectivity index (χ3v) is 3.93. The van der Waals surface area contributed by atoms with Crippen LogP contribution in [0.2, 0.25) is 0 Å². The van der Waals surface area contributed by atoms with E-state index in [1.165, 1.54) is 0 Å². The van der Waals surface area contributed by atoms with Gasteiger partial charge in [-0.2, -0.15) is 0 Å². The van der Waals surface area contributed by atoms with Crippen molar-refractivity contribution in [2.24, 2.45) is 5.92 Å². The zero-order chi connectivity index (χ0) is 18.1. The summed E-state index contributed by atoms with van der Waals surface area (Å²) in [5.41, 5.74) is 0.388. The van der Waals surface area contributed by atoms with E-state index in [-0.39, 0.29) is 18.6 Å². The lowest BCUT2D eigenvalue weighted by molar-refractivity contribution is -0.124. The van der Waals surface area contributed by atoms with E-state index >= 15 is 0 Å². The summed E-state index contributed by atoms with van der Waals surface area (Å²) in [6.45, 7) is 5.80. The van der Waals surface area contributed by atoms with Gasteiger partial charge in [-0.1, -0.05) is 13.8 Å². The van der Waals surface area contributed by atoms with Crippen molar-refractivity contribution in [2.45, 2.75) is 39.2 Å². The van der Waals surface area contributed by atoms with Gasteiger partial charge in [0.25, 0.3) is 5.91 Å². The van der Waals surface area contributed by atoms with Gasteiger partial charge in [0, 0.05) is 13.2 Å². The normalized spacial score (nSPS) is 16.7. The van der Waals surface area contributed by atoms with Gasteiger partial charge in [0.05, 0.1) is 11.7 Å².